The summed E-state index contributed by atoms with van der Waals surface area (Å²) in [5.41, 5.74) is 0.259. The zero-order valence-electron chi connectivity index (χ0n) is 7.98. The zero-order valence-corrected chi connectivity index (χ0v) is 8.74. The van der Waals surface area contributed by atoms with Crippen LogP contribution in [0.15, 0.2) is 29.3 Å². The number of hydrogen-bond acceptors (Lipinski definition) is 3. The number of rotatable bonds is 2. The van der Waals surface area contributed by atoms with Gasteiger partial charge in [-0.1, -0.05) is 23.7 Å². The molecule has 0 radical (unpaired) electrons. The molecule has 2 rings (SSSR count). The highest BCUT2D eigenvalue weighted by Crippen LogP contribution is 2.45. The minimum absolute atomic E-state index is 0.388. The summed E-state index contributed by atoms with van der Waals surface area (Å²) in [5.74, 6) is 0. The molecule has 1 saturated carbocycles. The number of nitrogens with zero attached hydrogens (tertiary/aromatic N) is 1. The Morgan fingerprint density at radius 1 is 1.53 bits per heavy atom. The molecular weight excluding hydrogens is 214 g/mol. The molecule has 1 aliphatic carbocycles. The van der Waals surface area contributed by atoms with Crippen molar-refractivity contribution in [2.75, 3.05) is 0 Å². The van der Waals surface area contributed by atoms with Crippen molar-refractivity contribution in [1.82, 2.24) is 0 Å². The summed E-state index contributed by atoms with van der Waals surface area (Å²) in [6.45, 7) is 0. The molecular formula is C11H10ClNO2. The fourth-order valence-corrected chi connectivity index (χ4v) is 2.17. The fraction of sp³-hybridized carbons (Fsp3) is 0.364. The Morgan fingerprint density at radius 2 is 2.27 bits per heavy atom. The first-order valence-corrected chi connectivity index (χ1v) is 5.07. The lowest BCUT2D eigenvalue weighted by Gasteiger charge is -2.41. The molecule has 1 aromatic rings. The van der Waals surface area contributed by atoms with Crippen molar-refractivity contribution in [3.05, 3.63) is 34.9 Å². The van der Waals surface area contributed by atoms with Gasteiger partial charge in [0.2, 0.25) is 6.08 Å². The minimum Gasteiger partial charge on any atom is -0.393 e. The second-order valence-corrected chi connectivity index (χ2v) is 4.24. The average molecular weight is 224 g/mol. The van der Waals surface area contributed by atoms with Gasteiger partial charge < -0.3 is 5.11 Å². The van der Waals surface area contributed by atoms with E-state index in [1.807, 2.05) is 12.1 Å². The quantitative estimate of drug-likeness (QED) is 0.616. The lowest BCUT2D eigenvalue weighted by atomic mass is 9.70. The van der Waals surface area contributed by atoms with Crippen molar-refractivity contribution >= 4 is 17.7 Å². The Kier molecular flexibility index (Phi) is 2.61. The Labute approximate surface area is 92.4 Å². The lowest BCUT2D eigenvalue weighted by molar-refractivity contribution is 0.0223. The van der Waals surface area contributed by atoms with Crippen LogP contribution in [-0.4, -0.2) is 17.3 Å². The Hall–Kier alpha value is -1.15. The number of halogens is 1. The van der Waals surface area contributed by atoms with Gasteiger partial charge in [-0.3, -0.25) is 0 Å². The largest absolute Gasteiger partial charge is 0.393 e. The van der Waals surface area contributed by atoms with E-state index in [1.54, 1.807) is 18.2 Å². The van der Waals surface area contributed by atoms with Gasteiger partial charge >= 0.3 is 0 Å². The van der Waals surface area contributed by atoms with Gasteiger partial charge in [-0.15, -0.1) is 0 Å². The van der Waals surface area contributed by atoms with Crippen molar-refractivity contribution in [2.45, 2.75) is 24.5 Å². The topological polar surface area (TPSA) is 49.7 Å². The predicted octanol–water partition coefficient (Wildman–Crippen LogP) is 2.03. The number of aliphatic imine (C=N–C) groups is 1. The highest BCUT2D eigenvalue weighted by molar-refractivity contribution is 6.30. The maximum atomic E-state index is 10.4. The summed E-state index contributed by atoms with van der Waals surface area (Å²) in [5, 5.41) is 9.92. The van der Waals surface area contributed by atoms with Gasteiger partial charge in [-0.2, -0.15) is 4.99 Å². The molecule has 1 aromatic carbocycles. The fourth-order valence-electron chi connectivity index (χ4n) is 1.98. The van der Waals surface area contributed by atoms with Crippen LogP contribution in [0.1, 0.15) is 18.4 Å². The van der Waals surface area contributed by atoms with Gasteiger partial charge in [-0.25, -0.2) is 4.79 Å². The second kappa shape index (κ2) is 3.78. The highest BCUT2D eigenvalue weighted by Gasteiger charge is 2.45. The Bertz CT molecular complexity index is 420. The van der Waals surface area contributed by atoms with E-state index < -0.39 is 5.54 Å². The van der Waals surface area contributed by atoms with Gasteiger partial charge in [0.15, 0.2) is 0 Å². The van der Waals surface area contributed by atoms with Crippen molar-refractivity contribution in [3.8, 4) is 0 Å². The summed E-state index contributed by atoms with van der Waals surface area (Å²) in [6.07, 6.45) is 2.10. The zero-order chi connectivity index (χ0) is 10.9. The number of aliphatic hydroxyl groups excluding tert-OH is 1. The van der Waals surface area contributed by atoms with Gasteiger partial charge in [0.1, 0.15) is 5.54 Å². The molecule has 0 unspecified atom stereocenters. The van der Waals surface area contributed by atoms with Crippen molar-refractivity contribution in [2.24, 2.45) is 4.99 Å². The minimum atomic E-state index is -0.605. The van der Waals surface area contributed by atoms with Crippen molar-refractivity contribution < 1.29 is 9.90 Å². The number of isocyanates is 1. The molecule has 0 heterocycles. The second-order valence-electron chi connectivity index (χ2n) is 3.81. The highest BCUT2D eigenvalue weighted by atomic mass is 35.5. The van der Waals surface area contributed by atoms with Crippen LogP contribution < -0.4 is 0 Å². The molecule has 0 aliphatic heterocycles. The summed E-state index contributed by atoms with van der Waals surface area (Å²) >= 11 is 5.87. The van der Waals surface area contributed by atoms with Crippen LogP contribution in [0, 0.1) is 0 Å². The first-order valence-electron chi connectivity index (χ1n) is 4.69. The smallest absolute Gasteiger partial charge is 0.235 e. The third-order valence-electron chi connectivity index (χ3n) is 2.77. The van der Waals surface area contributed by atoms with Crippen LogP contribution in [-0.2, 0) is 10.3 Å². The maximum Gasteiger partial charge on any atom is 0.235 e. The number of carbonyl (C=O) groups excluding carboxylic acids is 1. The molecule has 0 atom stereocenters. The Morgan fingerprint density at radius 3 is 2.80 bits per heavy atom. The van der Waals surface area contributed by atoms with E-state index in [-0.39, 0.29) is 6.10 Å². The van der Waals surface area contributed by atoms with E-state index in [4.69, 9.17) is 11.6 Å². The van der Waals surface area contributed by atoms with E-state index in [2.05, 4.69) is 4.99 Å². The molecule has 0 bridgehead atoms. The average Bonchev–Trinajstić information content (AvgIpc) is 2.15. The van der Waals surface area contributed by atoms with Crippen LogP contribution in [0.5, 0.6) is 0 Å². The molecule has 3 nitrogen and oxygen atoms in total. The third kappa shape index (κ3) is 1.82. The third-order valence-corrected chi connectivity index (χ3v) is 3.00. The van der Waals surface area contributed by atoms with Gasteiger partial charge in [0, 0.05) is 17.9 Å². The van der Waals surface area contributed by atoms with E-state index in [9.17, 15) is 9.90 Å². The summed E-state index contributed by atoms with van der Waals surface area (Å²) in [7, 11) is 0. The standard InChI is InChI=1S/C11H10ClNO2/c12-9-3-1-2-8(4-9)11(13-7-14)5-10(15)6-11/h1-4,10,15H,5-6H2. The molecule has 0 aromatic heterocycles. The number of hydrogen-bond donors (Lipinski definition) is 1. The van der Waals surface area contributed by atoms with E-state index in [0.29, 0.717) is 17.9 Å². The number of aliphatic hydroxyl groups is 1. The molecule has 0 spiro atoms. The predicted molar refractivity (Wildman–Crippen MR) is 56.5 cm³/mol. The van der Waals surface area contributed by atoms with Crippen LogP contribution >= 0.6 is 11.6 Å². The molecule has 1 N–H and O–H groups in total. The molecule has 15 heavy (non-hydrogen) atoms. The normalized spacial score (nSPS) is 29.1. The Balaban J connectivity index is 2.38. The van der Waals surface area contributed by atoms with E-state index in [0.717, 1.165) is 5.56 Å². The maximum absolute atomic E-state index is 10.4. The summed E-state index contributed by atoms with van der Waals surface area (Å²) in [4.78, 5) is 14.2. The first-order chi connectivity index (χ1) is 7.16. The van der Waals surface area contributed by atoms with E-state index >= 15 is 0 Å². The SMILES string of the molecule is O=C=NC1(c2cccc(Cl)c2)CC(O)C1. The van der Waals surface area contributed by atoms with Crippen molar-refractivity contribution in [3.63, 3.8) is 0 Å². The van der Waals surface area contributed by atoms with Crippen LogP contribution in [0.4, 0.5) is 0 Å². The van der Waals surface area contributed by atoms with Crippen molar-refractivity contribution in [1.29, 1.82) is 0 Å². The molecule has 1 aliphatic rings. The van der Waals surface area contributed by atoms with Crippen LogP contribution in [0.3, 0.4) is 0 Å². The van der Waals surface area contributed by atoms with Gasteiger partial charge in [0.25, 0.3) is 0 Å². The molecule has 0 saturated heterocycles. The van der Waals surface area contributed by atoms with Crippen LogP contribution in [0.2, 0.25) is 5.02 Å². The lowest BCUT2D eigenvalue weighted by Crippen LogP contribution is -2.43. The molecule has 0 amide bonds. The molecule has 4 heteroatoms. The molecule has 1 fully saturated rings. The summed E-state index contributed by atoms with van der Waals surface area (Å²) < 4.78 is 0. The summed E-state index contributed by atoms with van der Waals surface area (Å²) in [6, 6.07) is 7.20. The van der Waals surface area contributed by atoms with Gasteiger partial charge in [-0.05, 0) is 17.7 Å². The van der Waals surface area contributed by atoms with Crippen LogP contribution in [0.25, 0.3) is 0 Å². The first kappa shape index (κ1) is 10.4. The van der Waals surface area contributed by atoms with Gasteiger partial charge in [0.05, 0.1) is 6.10 Å². The monoisotopic (exact) mass is 223 g/mol. The van der Waals surface area contributed by atoms with E-state index in [1.165, 1.54) is 0 Å². The number of benzene rings is 1. The molecule has 78 valence electrons.